The minimum atomic E-state index is 0.00233. The summed E-state index contributed by atoms with van der Waals surface area (Å²) in [7, 11) is 1.92. The Morgan fingerprint density at radius 2 is 1.90 bits per heavy atom. The number of rotatable bonds is 4. The number of amides is 2. The summed E-state index contributed by atoms with van der Waals surface area (Å²) < 4.78 is 0. The second-order valence-corrected chi connectivity index (χ2v) is 8.36. The number of carbonyl (C=O) groups is 1. The first-order chi connectivity index (χ1) is 14.2. The van der Waals surface area contributed by atoms with Crippen LogP contribution in [0.4, 0.5) is 10.6 Å². The van der Waals surface area contributed by atoms with Crippen molar-refractivity contribution < 1.29 is 4.79 Å². The van der Waals surface area contributed by atoms with E-state index in [1.165, 1.54) is 36.8 Å². The van der Waals surface area contributed by atoms with Crippen LogP contribution in [0.5, 0.6) is 0 Å². The highest BCUT2D eigenvalue weighted by atomic mass is 16.2. The lowest BCUT2D eigenvalue weighted by Gasteiger charge is -2.32. The van der Waals surface area contributed by atoms with Crippen LogP contribution in [-0.4, -0.2) is 42.1 Å². The van der Waals surface area contributed by atoms with Crippen molar-refractivity contribution >= 4 is 11.8 Å². The van der Waals surface area contributed by atoms with Gasteiger partial charge in [0.15, 0.2) is 0 Å². The third-order valence-corrected chi connectivity index (χ3v) is 6.37. The third-order valence-electron chi connectivity index (χ3n) is 6.37. The maximum absolute atomic E-state index is 12.7. The minimum absolute atomic E-state index is 0.00233. The lowest BCUT2D eigenvalue weighted by atomic mass is 9.88. The molecule has 1 aromatic heterocycles. The molecule has 0 spiro atoms. The lowest BCUT2D eigenvalue weighted by molar-refractivity contribution is 0.184. The molecule has 2 heterocycles. The van der Waals surface area contributed by atoms with Crippen molar-refractivity contribution in [3.05, 3.63) is 59.3 Å². The molecule has 1 N–H and O–H groups in total. The monoisotopic (exact) mass is 392 g/mol. The number of benzene rings is 1. The van der Waals surface area contributed by atoms with Gasteiger partial charge in [0.2, 0.25) is 0 Å². The van der Waals surface area contributed by atoms with E-state index in [4.69, 9.17) is 0 Å². The Labute approximate surface area is 174 Å². The Hall–Kier alpha value is -2.56. The maximum Gasteiger partial charge on any atom is 0.317 e. The molecule has 1 fully saturated rings. The van der Waals surface area contributed by atoms with Gasteiger partial charge >= 0.3 is 6.03 Å². The summed E-state index contributed by atoms with van der Waals surface area (Å²) in [5, 5.41) is 3.10. The van der Waals surface area contributed by atoms with E-state index >= 15 is 0 Å². The van der Waals surface area contributed by atoms with Crippen molar-refractivity contribution in [2.45, 2.75) is 57.5 Å². The van der Waals surface area contributed by atoms with Gasteiger partial charge < -0.3 is 15.1 Å². The number of aromatic nitrogens is 1. The molecule has 4 rings (SSSR count). The van der Waals surface area contributed by atoms with E-state index in [9.17, 15) is 4.79 Å². The Bertz CT molecular complexity index is 829. The van der Waals surface area contributed by atoms with Crippen LogP contribution < -0.4 is 10.2 Å². The Morgan fingerprint density at radius 3 is 2.69 bits per heavy atom. The normalized spacial score (nSPS) is 19.2. The van der Waals surface area contributed by atoms with Gasteiger partial charge in [0.25, 0.3) is 0 Å². The average Bonchev–Trinajstić information content (AvgIpc) is 3.06. The largest absolute Gasteiger partial charge is 0.357 e. The van der Waals surface area contributed by atoms with Crippen LogP contribution in [0.2, 0.25) is 0 Å². The summed E-state index contributed by atoms with van der Waals surface area (Å²) in [6.07, 6.45) is 9.96. The molecule has 5 heteroatoms. The summed E-state index contributed by atoms with van der Waals surface area (Å²) in [5.41, 5.74) is 3.91. The Kier molecular flexibility index (Phi) is 6.33. The lowest BCUT2D eigenvalue weighted by Crippen LogP contribution is -2.45. The molecule has 1 aliphatic heterocycles. The Balaban J connectivity index is 1.33. The van der Waals surface area contributed by atoms with Crippen LogP contribution in [0, 0.1) is 0 Å². The van der Waals surface area contributed by atoms with E-state index in [1.807, 2.05) is 24.2 Å². The SMILES string of the molecule is CN(C(=O)NCc1ccnc(N2CCCCCC2)c1)C1CCc2ccccc2C1. The summed E-state index contributed by atoms with van der Waals surface area (Å²) >= 11 is 0. The predicted molar refractivity (Wildman–Crippen MR) is 117 cm³/mol. The molecule has 2 amide bonds. The van der Waals surface area contributed by atoms with E-state index in [1.54, 1.807) is 0 Å². The minimum Gasteiger partial charge on any atom is -0.357 e. The number of pyridine rings is 1. The summed E-state index contributed by atoms with van der Waals surface area (Å²) in [6, 6.07) is 13.0. The Morgan fingerprint density at radius 1 is 1.14 bits per heavy atom. The summed E-state index contributed by atoms with van der Waals surface area (Å²) in [6.45, 7) is 2.69. The summed E-state index contributed by atoms with van der Waals surface area (Å²) in [5.74, 6) is 1.04. The number of fused-ring (bicyclic) bond motifs is 1. The van der Waals surface area contributed by atoms with Crippen molar-refractivity contribution in [2.24, 2.45) is 0 Å². The zero-order chi connectivity index (χ0) is 20.1. The number of hydrogen-bond acceptors (Lipinski definition) is 3. The smallest absolute Gasteiger partial charge is 0.317 e. The molecule has 1 aliphatic carbocycles. The molecule has 0 radical (unpaired) electrons. The van der Waals surface area contributed by atoms with Gasteiger partial charge in [-0.05, 0) is 60.9 Å². The number of hydrogen-bond donors (Lipinski definition) is 1. The molecule has 2 aliphatic rings. The quantitative estimate of drug-likeness (QED) is 0.850. The van der Waals surface area contributed by atoms with Crippen molar-refractivity contribution in [2.75, 3.05) is 25.0 Å². The van der Waals surface area contributed by atoms with Crippen LogP contribution in [0.25, 0.3) is 0 Å². The molecular formula is C24H32N4O. The van der Waals surface area contributed by atoms with Crippen molar-refractivity contribution in [1.82, 2.24) is 15.2 Å². The van der Waals surface area contributed by atoms with Crippen LogP contribution in [-0.2, 0) is 19.4 Å². The zero-order valence-electron chi connectivity index (χ0n) is 17.4. The first kappa shape index (κ1) is 19.7. The maximum atomic E-state index is 12.7. The van der Waals surface area contributed by atoms with Gasteiger partial charge in [-0.1, -0.05) is 37.1 Å². The van der Waals surface area contributed by atoms with Gasteiger partial charge in [-0.25, -0.2) is 9.78 Å². The van der Waals surface area contributed by atoms with Crippen molar-refractivity contribution in [3.8, 4) is 0 Å². The number of urea groups is 1. The molecule has 0 saturated carbocycles. The highest BCUT2D eigenvalue weighted by Gasteiger charge is 2.24. The molecule has 1 aromatic carbocycles. The molecular weight excluding hydrogens is 360 g/mol. The second kappa shape index (κ2) is 9.29. The van der Waals surface area contributed by atoms with Gasteiger partial charge in [0, 0.05) is 38.9 Å². The molecule has 29 heavy (non-hydrogen) atoms. The first-order valence-corrected chi connectivity index (χ1v) is 11.0. The highest BCUT2D eigenvalue weighted by molar-refractivity contribution is 5.74. The fourth-order valence-corrected chi connectivity index (χ4v) is 4.52. The first-order valence-electron chi connectivity index (χ1n) is 11.0. The number of anilines is 1. The predicted octanol–water partition coefficient (Wildman–Crippen LogP) is 4.16. The second-order valence-electron chi connectivity index (χ2n) is 8.36. The fourth-order valence-electron chi connectivity index (χ4n) is 4.52. The molecule has 1 saturated heterocycles. The van der Waals surface area contributed by atoms with Crippen molar-refractivity contribution in [3.63, 3.8) is 0 Å². The van der Waals surface area contributed by atoms with Crippen molar-refractivity contribution in [1.29, 1.82) is 0 Å². The number of likely N-dealkylation sites (N-methyl/N-ethyl adjacent to an activating group) is 1. The molecule has 1 atom stereocenters. The topological polar surface area (TPSA) is 48.5 Å². The number of nitrogens with one attached hydrogen (secondary N) is 1. The molecule has 154 valence electrons. The molecule has 1 unspecified atom stereocenters. The molecule has 0 bridgehead atoms. The number of carbonyl (C=O) groups excluding carboxylic acids is 1. The van der Waals surface area contributed by atoms with Gasteiger partial charge in [-0.2, -0.15) is 0 Å². The molecule has 5 nitrogen and oxygen atoms in total. The van der Waals surface area contributed by atoms with Crippen LogP contribution in [0.15, 0.2) is 42.6 Å². The number of aryl methyl sites for hydroxylation is 1. The summed E-state index contributed by atoms with van der Waals surface area (Å²) in [4.78, 5) is 21.6. The molecule has 2 aromatic rings. The van der Waals surface area contributed by atoms with E-state index in [-0.39, 0.29) is 12.1 Å². The van der Waals surface area contributed by atoms with Gasteiger partial charge in [0.05, 0.1) is 0 Å². The van der Waals surface area contributed by atoms with Gasteiger partial charge in [0.1, 0.15) is 5.82 Å². The van der Waals surface area contributed by atoms with Crippen LogP contribution in [0.1, 0.15) is 48.8 Å². The van der Waals surface area contributed by atoms with Gasteiger partial charge in [-0.3, -0.25) is 0 Å². The number of nitrogens with zero attached hydrogens (tertiary/aromatic N) is 3. The zero-order valence-corrected chi connectivity index (χ0v) is 17.4. The van der Waals surface area contributed by atoms with Crippen LogP contribution in [0.3, 0.4) is 0 Å². The highest BCUT2D eigenvalue weighted by Crippen LogP contribution is 2.24. The van der Waals surface area contributed by atoms with E-state index in [0.717, 1.165) is 43.7 Å². The van der Waals surface area contributed by atoms with E-state index < -0.39 is 0 Å². The van der Waals surface area contributed by atoms with Gasteiger partial charge in [-0.15, -0.1) is 0 Å². The van der Waals surface area contributed by atoms with Crippen LogP contribution >= 0.6 is 0 Å². The standard InChI is InChI=1S/C24H32N4O/c1-27(22-11-10-20-8-4-5-9-21(20)17-22)24(29)26-18-19-12-13-25-23(16-19)28-14-6-2-3-7-15-28/h4-5,8-9,12-13,16,22H,2-3,6-7,10-11,14-15,17-18H2,1H3,(H,26,29). The van der Waals surface area contributed by atoms with E-state index in [2.05, 4.69) is 45.5 Å². The van der Waals surface area contributed by atoms with E-state index in [0.29, 0.717) is 6.54 Å². The third kappa shape index (κ3) is 4.89. The average molecular weight is 393 g/mol. The fraction of sp³-hybridized carbons (Fsp3) is 0.500.